The summed E-state index contributed by atoms with van der Waals surface area (Å²) in [6, 6.07) is 77.7. The molecule has 4 aromatic heterocycles. The summed E-state index contributed by atoms with van der Waals surface area (Å²) in [6.45, 7) is 0. The summed E-state index contributed by atoms with van der Waals surface area (Å²) in [5, 5.41) is 8.75. The molecule has 4 nitrogen and oxygen atoms in total. The van der Waals surface area contributed by atoms with E-state index in [1.54, 1.807) is 0 Å². The van der Waals surface area contributed by atoms with Crippen LogP contribution in [0.2, 0.25) is 0 Å². The van der Waals surface area contributed by atoms with Crippen LogP contribution >= 0.6 is 11.3 Å². The van der Waals surface area contributed by atoms with E-state index >= 15 is 0 Å². The van der Waals surface area contributed by atoms with Crippen molar-refractivity contribution in [2.75, 3.05) is 0 Å². The Kier molecular flexibility index (Phi) is 8.36. The van der Waals surface area contributed by atoms with E-state index in [9.17, 15) is 0 Å². The molecule has 13 aromatic rings. The van der Waals surface area contributed by atoms with Gasteiger partial charge in [0.1, 0.15) is 0 Å². The first kappa shape index (κ1) is 36.4. The maximum Gasteiger partial charge on any atom is 0.160 e. The molecule has 0 unspecified atom stereocenters. The maximum atomic E-state index is 5.36. The zero-order valence-corrected chi connectivity index (χ0v) is 35.3. The highest BCUT2D eigenvalue weighted by molar-refractivity contribution is 7.26. The summed E-state index contributed by atoms with van der Waals surface area (Å²) in [5.74, 6) is 0.693. The lowest BCUT2D eigenvalue weighted by atomic mass is 9.97. The molecule has 64 heavy (non-hydrogen) atoms. The van der Waals surface area contributed by atoms with E-state index < -0.39 is 0 Å². The van der Waals surface area contributed by atoms with Gasteiger partial charge in [-0.2, -0.15) is 0 Å². The zero-order valence-electron chi connectivity index (χ0n) is 34.5. The SMILES string of the molecule is c1ccc(-c2nc(-c3ccc(-c4ccc(-c5nc6ccc7ccccc7c6c6c5sc5ccccc56)cc4)cc3)cc(-c3cccc(-n4c5ccccc5c5ccccc54)c3)n2)cc1. The minimum Gasteiger partial charge on any atom is -0.309 e. The fraction of sp³-hybridized carbons (Fsp3) is 0. The van der Waals surface area contributed by atoms with Crippen molar-refractivity contribution in [1.29, 1.82) is 0 Å². The summed E-state index contributed by atoms with van der Waals surface area (Å²) in [6.07, 6.45) is 0. The third kappa shape index (κ3) is 5.93. The summed E-state index contributed by atoms with van der Waals surface area (Å²) >= 11 is 1.83. The van der Waals surface area contributed by atoms with Crippen molar-refractivity contribution in [3.63, 3.8) is 0 Å². The molecule has 298 valence electrons. The van der Waals surface area contributed by atoms with Crippen molar-refractivity contribution in [3.8, 4) is 62.0 Å². The number of rotatable bonds is 6. The Bertz CT molecular complexity index is 3890. The van der Waals surface area contributed by atoms with Crippen LogP contribution in [0.25, 0.3) is 126 Å². The molecule has 0 atom stereocenters. The van der Waals surface area contributed by atoms with Crippen LogP contribution in [-0.4, -0.2) is 19.5 Å². The molecule has 0 saturated carbocycles. The van der Waals surface area contributed by atoms with Gasteiger partial charge in [0.15, 0.2) is 5.82 Å². The number of hydrogen-bond donors (Lipinski definition) is 0. The minimum absolute atomic E-state index is 0.693. The standard InChI is InChI=1S/C59H36N4S/c1-2-14-42(15-3-1)59-61-50(36-51(62-59)43-16-12-17-44(35-43)63-52-22-9-6-19-46(52)47-20-7-10-23-53(47)63)40-29-25-37(26-30-40)38-27-31-41(32-28-38)57-58-56(48-21-8-11-24-54(48)64-58)55-45-18-5-4-13-39(45)33-34-49(55)60-57/h1-36H. The Morgan fingerprint density at radius 2 is 0.938 bits per heavy atom. The summed E-state index contributed by atoms with van der Waals surface area (Å²) < 4.78 is 4.85. The van der Waals surface area contributed by atoms with Gasteiger partial charge in [0.2, 0.25) is 0 Å². The van der Waals surface area contributed by atoms with Gasteiger partial charge in [-0.1, -0.05) is 176 Å². The highest BCUT2D eigenvalue weighted by Crippen LogP contribution is 2.45. The second-order valence-electron chi connectivity index (χ2n) is 16.3. The molecular weight excluding hydrogens is 797 g/mol. The highest BCUT2D eigenvalue weighted by Gasteiger charge is 2.19. The quantitative estimate of drug-likeness (QED) is 0.157. The third-order valence-corrected chi connectivity index (χ3v) is 13.8. The van der Waals surface area contributed by atoms with Gasteiger partial charge in [-0.3, -0.25) is 0 Å². The molecule has 0 spiro atoms. The zero-order chi connectivity index (χ0) is 42.1. The Balaban J connectivity index is 0.871. The van der Waals surface area contributed by atoms with Crippen molar-refractivity contribution in [2.45, 2.75) is 0 Å². The molecule has 4 heterocycles. The molecule has 0 saturated heterocycles. The second-order valence-corrected chi connectivity index (χ2v) is 17.4. The number of benzene rings is 9. The number of aromatic nitrogens is 4. The van der Waals surface area contributed by atoms with Crippen molar-refractivity contribution < 1.29 is 0 Å². The van der Waals surface area contributed by atoms with E-state index in [-0.39, 0.29) is 0 Å². The normalized spacial score (nSPS) is 11.8. The van der Waals surface area contributed by atoms with Gasteiger partial charge in [0, 0.05) is 59.6 Å². The van der Waals surface area contributed by atoms with Gasteiger partial charge in [-0.25, -0.2) is 15.0 Å². The van der Waals surface area contributed by atoms with E-state index in [1.165, 1.54) is 58.1 Å². The lowest BCUT2D eigenvalue weighted by Gasteiger charge is -2.13. The number of para-hydroxylation sites is 2. The van der Waals surface area contributed by atoms with Gasteiger partial charge in [0.05, 0.1) is 38.3 Å². The van der Waals surface area contributed by atoms with E-state index in [0.29, 0.717) is 5.82 Å². The predicted octanol–water partition coefficient (Wildman–Crippen LogP) is 16.0. The molecule has 0 amide bonds. The van der Waals surface area contributed by atoms with Gasteiger partial charge in [-0.15, -0.1) is 11.3 Å². The monoisotopic (exact) mass is 832 g/mol. The fourth-order valence-electron chi connectivity index (χ4n) is 9.56. The number of fused-ring (bicyclic) bond motifs is 10. The first-order valence-corrected chi connectivity index (χ1v) is 22.4. The Morgan fingerprint density at radius 1 is 0.359 bits per heavy atom. The first-order chi connectivity index (χ1) is 31.7. The largest absolute Gasteiger partial charge is 0.309 e. The molecule has 9 aromatic carbocycles. The molecule has 0 bridgehead atoms. The lowest BCUT2D eigenvalue weighted by Crippen LogP contribution is -1.97. The number of nitrogens with zero attached hydrogens (tertiary/aromatic N) is 4. The summed E-state index contributed by atoms with van der Waals surface area (Å²) in [4.78, 5) is 15.7. The maximum absolute atomic E-state index is 5.36. The van der Waals surface area contributed by atoms with Crippen molar-refractivity contribution >= 4 is 75.0 Å². The van der Waals surface area contributed by atoms with Crippen molar-refractivity contribution in [2.24, 2.45) is 0 Å². The third-order valence-electron chi connectivity index (χ3n) is 12.6. The van der Waals surface area contributed by atoms with Crippen molar-refractivity contribution in [3.05, 3.63) is 218 Å². The van der Waals surface area contributed by atoms with Crippen LogP contribution < -0.4 is 0 Å². The predicted molar refractivity (Wildman–Crippen MR) is 269 cm³/mol. The average molecular weight is 833 g/mol. The molecule has 13 rings (SSSR count). The second kappa shape index (κ2) is 14.7. The van der Waals surface area contributed by atoms with Gasteiger partial charge in [0.25, 0.3) is 0 Å². The molecule has 0 fully saturated rings. The van der Waals surface area contributed by atoms with Gasteiger partial charge >= 0.3 is 0 Å². The average Bonchev–Trinajstić information content (AvgIpc) is 3.93. The Hall–Kier alpha value is -8.25. The molecule has 0 radical (unpaired) electrons. The molecule has 0 aliphatic heterocycles. The van der Waals surface area contributed by atoms with Crippen LogP contribution in [0.4, 0.5) is 0 Å². The van der Waals surface area contributed by atoms with E-state index in [1.807, 2.05) is 29.5 Å². The van der Waals surface area contributed by atoms with E-state index in [0.717, 1.165) is 61.7 Å². The molecule has 0 aliphatic carbocycles. The Morgan fingerprint density at radius 3 is 1.67 bits per heavy atom. The van der Waals surface area contributed by atoms with Crippen LogP contribution in [0, 0.1) is 0 Å². The Labute approximate surface area is 373 Å². The molecule has 5 heteroatoms. The highest BCUT2D eigenvalue weighted by atomic mass is 32.1. The van der Waals surface area contributed by atoms with Crippen LogP contribution in [0.15, 0.2) is 218 Å². The van der Waals surface area contributed by atoms with Crippen molar-refractivity contribution in [1.82, 2.24) is 19.5 Å². The molecule has 0 N–H and O–H groups in total. The smallest absolute Gasteiger partial charge is 0.160 e. The van der Waals surface area contributed by atoms with Crippen LogP contribution in [0.5, 0.6) is 0 Å². The van der Waals surface area contributed by atoms with Crippen LogP contribution in [0.3, 0.4) is 0 Å². The number of hydrogen-bond acceptors (Lipinski definition) is 4. The lowest BCUT2D eigenvalue weighted by molar-refractivity contribution is 1.16. The summed E-state index contributed by atoms with van der Waals surface area (Å²) in [7, 11) is 0. The topological polar surface area (TPSA) is 43.6 Å². The van der Waals surface area contributed by atoms with E-state index in [4.69, 9.17) is 15.0 Å². The van der Waals surface area contributed by atoms with Gasteiger partial charge < -0.3 is 4.57 Å². The molecular formula is C59H36N4S. The number of pyridine rings is 1. The van der Waals surface area contributed by atoms with Gasteiger partial charge in [-0.05, 0) is 64.4 Å². The fourth-order valence-corrected chi connectivity index (χ4v) is 10.8. The molecule has 0 aliphatic rings. The number of thiophene rings is 1. The summed E-state index contributed by atoms with van der Waals surface area (Å²) in [5.41, 5.74) is 13.6. The van der Waals surface area contributed by atoms with Crippen LogP contribution in [-0.2, 0) is 0 Å². The first-order valence-electron chi connectivity index (χ1n) is 21.6. The van der Waals surface area contributed by atoms with Crippen LogP contribution in [0.1, 0.15) is 0 Å². The minimum atomic E-state index is 0.693. The van der Waals surface area contributed by atoms with E-state index in [2.05, 4.69) is 205 Å².